The second-order valence-corrected chi connectivity index (χ2v) is 6.59. The average Bonchev–Trinajstić information content (AvgIpc) is 2.95. The van der Waals surface area contributed by atoms with Crippen molar-refractivity contribution in [1.29, 1.82) is 5.41 Å². The van der Waals surface area contributed by atoms with Gasteiger partial charge in [0.15, 0.2) is 5.65 Å². The highest BCUT2D eigenvalue weighted by Gasteiger charge is 2.18. The Bertz CT molecular complexity index is 933. The normalized spacial score (nSPS) is 14.2. The molecular formula is C19H21N5O2. The van der Waals surface area contributed by atoms with Gasteiger partial charge in [0.1, 0.15) is 11.6 Å². The minimum Gasteiger partial charge on any atom is -0.438 e. The van der Waals surface area contributed by atoms with E-state index in [1.807, 2.05) is 36.5 Å². The van der Waals surface area contributed by atoms with Crippen LogP contribution >= 0.6 is 0 Å². The summed E-state index contributed by atoms with van der Waals surface area (Å²) in [5.74, 6) is 2.56. The zero-order chi connectivity index (χ0) is 17.9. The van der Waals surface area contributed by atoms with E-state index in [4.69, 9.17) is 14.9 Å². The van der Waals surface area contributed by atoms with Crippen molar-refractivity contribution >= 4 is 17.2 Å². The van der Waals surface area contributed by atoms with Crippen molar-refractivity contribution in [3.63, 3.8) is 0 Å². The highest BCUT2D eigenvalue weighted by atomic mass is 16.5. The van der Waals surface area contributed by atoms with Gasteiger partial charge >= 0.3 is 0 Å². The molecule has 2 N–H and O–H groups in total. The maximum Gasteiger partial charge on any atom is 0.237 e. The Morgan fingerprint density at radius 1 is 1.35 bits per heavy atom. The number of nitrogens with one attached hydrogen (secondary N) is 2. The number of imidazole rings is 1. The lowest BCUT2D eigenvalue weighted by atomic mass is 10.1. The van der Waals surface area contributed by atoms with Gasteiger partial charge in [-0.15, -0.1) is 5.10 Å². The summed E-state index contributed by atoms with van der Waals surface area (Å²) in [6, 6.07) is 11.4. The van der Waals surface area contributed by atoms with Gasteiger partial charge in [-0.3, -0.25) is 0 Å². The Morgan fingerprint density at radius 3 is 3.00 bits per heavy atom. The topological polar surface area (TPSA) is 84.5 Å². The molecule has 0 aliphatic carbocycles. The molecule has 0 bridgehead atoms. The van der Waals surface area contributed by atoms with Crippen molar-refractivity contribution in [3.8, 4) is 11.6 Å². The van der Waals surface area contributed by atoms with Gasteiger partial charge < -0.3 is 20.2 Å². The lowest BCUT2D eigenvalue weighted by Gasteiger charge is -2.25. The van der Waals surface area contributed by atoms with Crippen LogP contribution in [0.2, 0.25) is 0 Å². The number of anilines is 1. The van der Waals surface area contributed by atoms with Gasteiger partial charge in [-0.05, 0) is 30.7 Å². The lowest BCUT2D eigenvalue weighted by Crippen LogP contribution is -2.33. The average molecular weight is 351 g/mol. The first-order chi connectivity index (χ1) is 12.7. The molecule has 0 spiro atoms. The molecule has 3 heterocycles. The second-order valence-electron chi connectivity index (χ2n) is 6.59. The maximum atomic E-state index is 7.62. The third kappa shape index (κ3) is 3.83. The molecule has 7 heteroatoms. The first kappa shape index (κ1) is 16.5. The fourth-order valence-corrected chi connectivity index (χ4v) is 2.80. The molecule has 4 rings (SSSR count). The van der Waals surface area contributed by atoms with Crippen LogP contribution in [0.5, 0.6) is 11.6 Å². The van der Waals surface area contributed by atoms with Crippen LogP contribution in [0.1, 0.15) is 12.5 Å². The molecule has 0 radical (unpaired) electrons. The van der Waals surface area contributed by atoms with E-state index in [2.05, 4.69) is 15.4 Å². The molecule has 3 aromatic rings. The molecule has 26 heavy (non-hydrogen) atoms. The van der Waals surface area contributed by atoms with Gasteiger partial charge in [0.25, 0.3) is 0 Å². The van der Waals surface area contributed by atoms with Crippen LogP contribution in [0.25, 0.3) is 5.65 Å². The number of ether oxygens (including phenoxy) is 2. The highest BCUT2D eigenvalue weighted by molar-refractivity contribution is 5.81. The van der Waals surface area contributed by atoms with Gasteiger partial charge in [-0.1, -0.05) is 12.1 Å². The molecule has 0 atom stereocenters. The monoisotopic (exact) mass is 351 g/mol. The van der Waals surface area contributed by atoms with E-state index in [9.17, 15) is 0 Å². The van der Waals surface area contributed by atoms with Crippen molar-refractivity contribution in [1.82, 2.24) is 14.6 Å². The Balaban J connectivity index is 1.47. The number of fused-ring (bicyclic) bond motifs is 1. The Hall–Kier alpha value is -2.93. The lowest BCUT2D eigenvalue weighted by molar-refractivity contribution is -0.0248. The van der Waals surface area contributed by atoms with E-state index in [1.54, 1.807) is 17.5 Å². The Labute approximate surface area is 151 Å². The zero-order valence-electron chi connectivity index (χ0n) is 14.6. The fraction of sp³-hybridized carbons (Fsp3) is 0.316. The minimum absolute atomic E-state index is 0.498. The first-order valence-electron chi connectivity index (χ1n) is 8.64. The number of hydrogen-bond donors (Lipinski definition) is 2. The SMILES string of the molecule is CC(=N)Cc1cccc(Oc2ccc3nc(NCC4COC4)cn3n2)c1. The molecule has 1 fully saturated rings. The molecule has 0 amide bonds. The fourth-order valence-electron chi connectivity index (χ4n) is 2.80. The molecule has 1 aliphatic heterocycles. The van der Waals surface area contributed by atoms with Crippen molar-refractivity contribution in [3.05, 3.63) is 48.2 Å². The standard InChI is InChI=1S/C19H21N5O2/c1-13(20)7-14-3-2-4-16(8-14)26-19-6-5-18-22-17(10-24(18)23-19)21-9-15-11-25-12-15/h2-6,8,10,15,20-21H,7,9,11-12H2,1H3. The molecule has 134 valence electrons. The summed E-state index contributed by atoms with van der Waals surface area (Å²) in [4.78, 5) is 4.51. The van der Waals surface area contributed by atoms with Gasteiger partial charge in [0.05, 0.1) is 19.4 Å². The van der Waals surface area contributed by atoms with Crippen molar-refractivity contribution in [2.45, 2.75) is 13.3 Å². The van der Waals surface area contributed by atoms with E-state index < -0.39 is 0 Å². The predicted molar refractivity (Wildman–Crippen MR) is 99.4 cm³/mol. The van der Waals surface area contributed by atoms with E-state index in [0.29, 0.717) is 29.7 Å². The highest BCUT2D eigenvalue weighted by Crippen LogP contribution is 2.22. The van der Waals surface area contributed by atoms with Crippen molar-refractivity contribution in [2.24, 2.45) is 5.92 Å². The predicted octanol–water partition coefficient (Wildman–Crippen LogP) is 3.16. The second kappa shape index (κ2) is 7.13. The third-order valence-electron chi connectivity index (χ3n) is 4.16. The summed E-state index contributed by atoms with van der Waals surface area (Å²) in [6.07, 6.45) is 2.47. The van der Waals surface area contributed by atoms with Crippen LogP contribution in [0.15, 0.2) is 42.6 Å². The summed E-state index contributed by atoms with van der Waals surface area (Å²) in [5.41, 5.74) is 2.43. The molecule has 0 saturated carbocycles. The Morgan fingerprint density at radius 2 is 2.23 bits per heavy atom. The molecular weight excluding hydrogens is 330 g/mol. The van der Waals surface area contributed by atoms with Crippen LogP contribution in [0, 0.1) is 11.3 Å². The summed E-state index contributed by atoms with van der Waals surface area (Å²) < 4.78 is 12.8. The number of hydrogen-bond acceptors (Lipinski definition) is 6. The number of rotatable bonds is 7. The van der Waals surface area contributed by atoms with Crippen molar-refractivity contribution < 1.29 is 9.47 Å². The van der Waals surface area contributed by atoms with Gasteiger partial charge in [-0.25, -0.2) is 9.50 Å². The molecule has 2 aromatic heterocycles. The van der Waals surface area contributed by atoms with Crippen LogP contribution in [0.4, 0.5) is 5.82 Å². The van der Waals surface area contributed by atoms with Crippen LogP contribution < -0.4 is 10.1 Å². The van der Waals surface area contributed by atoms with Crippen LogP contribution in [0.3, 0.4) is 0 Å². The summed E-state index contributed by atoms with van der Waals surface area (Å²) in [6.45, 7) is 4.28. The smallest absolute Gasteiger partial charge is 0.237 e. The summed E-state index contributed by atoms with van der Waals surface area (Å²) >= 11 is 0. The van der Waals surface area contributed by atoms with Gasteiger partial charge in [-0.2, -0.15) is 0 Å². The molecule has 1 saturated heterocycles. The molecule has 7 nitrogen and oxygen atoms in total. The van der Waals surface area contributed by atoms with E-state index >= 15 is 0 Å². The zero-order valence-corrected chi connectivity index (χ0v) is 14.6. The quantitative estimate of drug-likeness (QED) is 0.639. The van der Waals surface area contributed by atoms with E-state index in [1.165, 1.54) is 0 Å². The summed E-state index contributed by atoms with van der Waals surface area (Å²) in [7, 11) is 0. The summed E-state index contributed by atoms with van der Waals surface area (Å²) in [5, 5.41) is 15.4. The number of aromatic nitrogens is 3. The van der Waals surface area contributed by atoms with Crippen molar-refractivity contribution in [2.75, 3.05) is 25.1 Å². The largest absolute Gasteiger partial charge is 0.438 e. The molecule has 0 unspecified atom stereocenters. The first-order valence-corrected chi connectivity index (χ1v) is 8.64. The van der Waals surface area contributed by atoms with Gasteiger partial charge in [0.2, 0.25) is 5.88 Å². The number of benzene rings is 1. The molecule has 1 aromatic carbocycles. The number of nitrogens with zero attached hydrogens (tertiary/aromatic N) is 3. The van der Waals surface area contributed by atoms with Crippen LogP contribution in [-0.2, 0) is 11.2 Å². The van der Waals surface area contributed by atoms with E-state index in [0.717, 1.165) is 36.8 Å². The van der Waals surface area contributed by atoms with Gasteiger partial charge in [0, 0.05) is 30.7 Å². The molecule has 1 aliphatic rings. The van der Waals surface area contributed by atoms with E-state index in [-0.39, 0.29) is 0 Å². The third-order valence-corrected chi connectivity index (χ3v) is 4.16. The minimum atomic E-state index is 0.498. The van der Waals surface area contributed by atoms with Crippen LogP contribution in [-0.4, -0.2) is 40.1 Å². The maximum absolute atomic E-state index is 7.62. The Kier molecular flexibility index (Phi) is 4.53.